The smallest absolute Gasteiger partial charge is 0.272 e. The van der Waals surface area contributed by atoms with Gasteiger partial charge in [-0.3, -0.25) is 19.7 Å². The first-order valence-electron chi connectivity index (χ1n) is 8.23. The summed E-state index contributed by atoms with van der Waals surface area (Å²) < 4.78 is 0. The van der Waals surface area contributed by atoms with Crippen molar-refractivity contribution in [3.63, 3.8) is 0 Å². The van der Waals surface area contributed by atoms with E-state index in [4.69, 9.17) is 16.7 Å². The van der Waals surface area contributed by atoms with Crippen molar-refractivity contribution in [2.24, 2.45) is 0 Å². The number of aryl methyl sites for hydroxylation is 1. The van der Waals surface area contributed by atoms with Gasteiger partial charge in [0.05, 0.1) is 27.7 Å². The van der Waals surface area contributed by atoms with Crippen LogP contribution in [-0.2, 0) is 9.59 Å². The van der Waals surface area contributed by atoms with E-state index in [1.807, 2.05) is 0 Å². The number of nitro benzene ring substituents is 1. The highest BCUT2D eigenvalue weighted by Crippen LogP contribution is 2.39. The number of amides is 2. The molecular formula is C19H15ClN2O5S. The van der Waals surface area contributed by atoms with Gasteiger partial charge >= 0.3 is 0 Å². The van der Waals surface area contributed by atoms with Crippen LogP contribution >= 0.6 is 23.4 Å². The molecule has 2 aromatic rings. The van der Waals surface area contributed by atoms with Gasteiger partial charge in [-0.25, -0.2) is 4.90 Å². The second kappa shape index (κ2) is 8.14. The Hall–Kier alpha value is -2.68. The van der Waals surface area contributed by atoms with Gasteiger partial charge in [0.25, 0.3) is 17.5 Å². The van der Waals surface area contributed by atoms with Crippen LogP contribution in [0.25, 0.3) is 5.57 Å². The number of hydrogen-bond donors (Lipinski definition) is 1. The minimum absolute atomic E-state index is 0.115. The Morgan fingerprint density at radius 1 is 1.14 bits per heavy atom. The van der Waals surface area contributed by atoms with Crippen molar-refractivity contribution in [3.8, 4) is 0 Å². The molecule has 9 heteroatoms. The number of nitro groups is 1. The second-order valence-corrected chi connectivity index (χ2v) is 7.50. The van der Waals surface area contributed by atoms with Crippen LogP contribution < -0.4 is 4.90 Å². The van der Waals surface area contributed by atoms with Gasteiger partial charge in [0.2, 0.25) is 0 Å². The molecule has 1 heterocycles. The average molecular weight is 419 g/mol. The molecule has 3 rings (SSSR count). The highest BCUT2D eigenvalue weighted by atomic mass is 35.5. The van der Waals surface area contributed by atoms with Crippen LogP contribution in [0.5, 0.6) is 0 Å². The van der Waals surface area contributed by atoms with Crippen molar-refractivity contribution in [2.75, 3.05) is 17.3 Å². The van der Waals surface area contributed by atoms with E-state index in [0.29, 0.717) is 21.8 Å². The van der Waals surface area contributed by atoms with E-state index < -0.39 is 16.7 Å². The van der Waals surface area contributed by atoms with E-state index >= 15 is 0 Å². The fraction of sp³-hybridized carbons (Fsp3) is 0.158. The summed E-state index contributed by atoms with van der Waals surface area (Å²) in [5, 5.41) is 20.5. The summed E-state index contributed by atoms with van der Waals surface area (Å²) in [6, 6.07) is 10.3. The summed E-state index contributed by atoms with van der Waals surface area (Å²) in [5.41, 5.74) is 1.52. The Morgan fingerprint density at radius 2 is 1.82 bits per heavy atom. The number of benzene rings is 2. The van der Waals surface area contributed by atoms with E-state index in [0.717, 1.165) is 16.7 Å². The maximum Gasteiger partial charge on any atom is 0.272 e. The van der Waals surface area contributed by atoms with Gasteiger partial charge in [0, 0.05) is 22.9 Å². The molecule has 1 N–H and O–H groups in total. The predicted octanol–water partition coefficient (Wildman–Crippen LogP) is 3.57. The van der Waals surface area contributed by atoms with Gasteiger partial charge in [-0.1, -0.05) is 11.6 Å². The monoisotopic (exact) mass is 418 g/mol. The predicted molar refractivity (Wildman–Crippen MR) is 108 cm³/mol. The van der Waals surface area contributed by atoms with Crippen molar-refractivity contribution in [3.05, 3.63) is 73.6 Å². The van der Waals surface area contributed by atoms with Crippen molar-refractivity contribution < 1.29 is 19.6 Å². The fourth-order valence-corrected chi connectivity index (χ4v) is 3.97. The molecule has 28 heavy (non-hydrogen) atoms. The minimum Gasteiger partial charge on any atom is -0.396 e. The molecule has 1 aliphatic rings. The van der Waals surface area contributed by atoms with Crippen LogP contribution in [-0.4, -0.2) is 34.2 Å². The third-order valence-corrected chi connectivity index (χ3v) is 5.43. The van der Waals surface area contributed by atoms with Gasteiger partial charge in [-0.05, 0) is 48.4 Å². The lowest BCUT2D eigenvalue weighted by Crippen LogP contribution is -2.32. The minimum atomic E-state index is -0.537. The highest BCUT2D eigenvalue weighted by Gasteiger charge is 2.40. The Bertz CT molecular complexity index is 1000. The number of carbonyl (C=O) groups is 2. The Kier molecular flexibility index (Phi) is 5.83. The maximum absolute atomic E-state index is 13.2. The topological polar surface area (TPSA) is 101 Å². The van der Waals surface area contributed by atoms with Crippen LogP contribution in [0.4, 0.5) is 11.4 Å². The molecule has 2 amide bonds. The summed E-state index contributed by atoms with van der Waals surface area (Å²) in [6.45, 7) is 1.58. The zero-order valence-corrected chi connectivity index (χ0v) is 16.3. The number of carbonyl (C=O) groups excluding carboxylic acids is 2. The normalized spacial score (nSPS) is 14.2. The molecule has 0 spiro atoms. The number of hydrogen-bond acceptors (Lipinski definition) is 6. The van der Waals surface area contributed by atoms with Crippen LogP contribution in [0.15, 0.2) is 47.4 Å². The SMILES string of the molecule is Cc1cc(Cl)ccc1N1C(=O)C(SCCO)=C(c2ccc([N+](=O)[O-])cc2)C1=O. The first kappa shape index (κ1) is 20.1. The lowest BCUT2D eigenvalue weighted by atomic mass is 10.1. The molecule has 7 nitrogen and oxygen atoms in total. The van der Waals surface area contributed by atoms with Crippen molar-refractivity contribution in [1.82, 2.24) is 0 Å². The zero-order valence-electron chi connectivity index (χ0n) is 14.7. The van der Waals surface area contributed by atoms with Crippen LogP contribution in [0, 0.1) is 17.0 Å². The molecule has 0 fully saturated rings. The Morgan fingerprint density at radius 3 is 2.39 bits per heavy atom. The summed E-state index contributed by atoms with van der Waals surface area (Å²) in [7, 11) is 0. The summed E-state index contributed by atoms with van der Waals surface area (Å²) in [5.74, 6) is -0.787. The summed E-state index contributed by atoms with van der Waals surface area (Å²) in [4.78, 5) is 37.8. The first-order chi connectivity index (χ1) is 13.3. The summed E-state index contributed by atoms with van der Waals surface area (Å²) in [6.07, 6.45) is 0. The van der Waals surface area contributed by atoms with Crippen LogP contribution in [0.1, 0.15) is 11.1 Å². The number of aliphatic hydroxyl groups is 1. The van der Waals surface area contributed by atoms with E-state index in [-0.39, 0.29) is 28.5 Å². The van der Waals surface area contributed by atoms with Gasteiger partial charge in [0.15, 0.2) is 0 Å². The number of halogens is 1. The first-order valence-corrected chi connectivity index (χ1v) is 9.59. The van der Waals surface area contributed by atoms with Gasteiger partial charge in [0.1, 0.15) is 0 Å². The van der Waals surface area contributed by atoms with E-state index in [1.165, 1.54) is 24.3 Å². The average Bonchev–Trinajstić information content (AvgIpc) is 2.90. The maximum atomic E-state index is 13.2. The molecule has 2 aromatic carbocycles. The molecule has 0 aromatic heterocycles. The number of aliphatic hydroxyl groups excluding tert-OH is 1. The van der Waals surface area contributed by atoms with E-state index in [1.54, 1.807) is 25.1 Å². The molecule has 0 radical (unpaired) electrons. The lowest BCUT2D eigenvalue weighted by molar-refractivity contribution is -0.384. The molecule has 0 aliphatic carbocycles. The number of non-ortho nitro benzene ring substituents is 1. The van der Waals surface area contributed by atoms with Gasteiger partial charge in [-0.15, -0.1) is 11.8 Å². The third kappa shape index (κ3) is 3.66. The molecule has 0 unspecified atom stereocenters. The second-order valence-electron chi connectivity index (χ2n) is 5.96. The lowest BCUT2D eigenvalue weighted by Gasteiger charge is -2.18. The van der Waals surface area contributed by atoms with Gasteiger partial charge in [-0.2, -0.15) is 0 Å². The fourth-order valence-electron chi connectivity index (χ4n) is 2.88. The quantitative estimate of drug-likeness (QED) is 0.437. The number of anilines is 1. The van der Waals surface area contributed by atoms with Crippen molar-refractivity contribution in [2.45, 2.75) is 6.92 Å². The number of nitrogens with zero attached hydrogens (tertiary/aromatic N) is 2. The number of rotatable bonds is 6. The zero-order chi connectivity index (χ0) is 20.4. The molecule has 0 saturated carbocycles. The van der Waals surface area contributed by atoms with Crippen LogP contribution in [0.2, 0.25) is 5.02 Å². The van der Waals surface area contributed by atoms with Crippen molar-refractivity contribution in [1.29, 1.82) is 0 Å². The highest BCUT2D eigenvalue weighted by molar-refractivity contribution is 8.04. The number of thioether (sulfide) groups is 1. The van der Waals surface area contributed by atoms with E-state index in [9.17, 15) is 19.7 Å². The standard InChI is InChI=1S/C19H15ClN2O5S/c1-11-10-13(20)4-7-15(11)21-18(24)16(17(19(21)25)28-9-8-23)12-2-5-14(6-3-12)22(26)27/h2-7,10,23H,8-9H2,1H3. The van der Waals surface area contributed by atoms with Crippen molar-refractivity contribution >= 4 is 52.1 Å². The largest absolute Gasteiger partial charge is 0.396 e. The molecule has 1 aliphatic heterocycles. The third-order valence-electron chi connectivity index (χ3n) is 4.15. The molecular weight excluding hydrogens is 404 g/mol. The Labute approximate surface area is 169 Å². The molecule has 0 atom stereocenters. The molecule has 0 bridgehead atoms. The van der Waals surface area contributed by atoms with E-state index in [2.05, 4.69) is 0 Å². The Balaban J connectivity index is 2.08. The van der Waals surface area contributed by atoms with Crippen LogP contribution in [0.3, 0.4) is 0 Å². The summed E-state index contributed by atoms with van der Waals surface area (Å²) >= 11 is 7.05. The molecule has 144 valence electrons. The van der Waals surface area contributed by atoms with Gasteiger partial charge < -0.3 is 5.11 Å². The number of imide groups is 1. The molecule has 0 saturated heterocycles.